The van der Waals surface area contributed by atoms with Crippen LogP contribution in [0.15, 0.2) is 24.8 Å². The number of ether oxygens (including phenoxy) is 1. The SMILES string of the molecule is CC(C)N(CCCCc1nc2c(Cl)cc(C(F)(F)F)cc2[nH]1)CC1OC(n2cnc3c(N)ncnc32)C(O)C1O. The van der Waals surface area contributed by atoms with E-state index in [-0.39, 0.29) is 22.4 Å². The van der Waals surface area contributed by atoms with E-state index in [4.69, 9.17) is 22.1 Å². The van der Waals surface area contributed by atoms with Gasteiger partial charge in [-0.3, -0.25) is 9.47 Å². The third kappa shape index (κ3) is 5.59. The lowest BCUT2D eigenvalue weighted by molar-refractivity contribution is -0.137. The quantitative estimate of drug-likeness (QED) is 0.218. The highest BCUT2D eigenvalue weighted by Crippen LogP contribution is 2.35. The zero-order chi connectivity index (χ0) is 28.8. The van der Waals surface area contributed by atoms with Crippen molar-refractivity contribution in [1.82, 2.24) is 34.4 Å². The van der Waals surface area contributed by atoms with Crippen molar-refractivity contribution in [3.8, 4) is 0 Å². The molecule has 0 amide bonds. The lowest BCUT2D eigenvalue weighted by Crippen LogP contribution is -2.43. The van der Waals surface area contributed by atoms with Crippen molar-refractivity contribution in [2.45, 2.75) is 69.9 Å². The summed E-state index contributed by atoms with van der Waals surface area (Å²) in [5.41, 5.74) is 6.38. The number of unbranched alkanes of at least 4 members (excludes halogenated alkanes) is 1. The number of anilines is 1. The number of nitrogens with zero attached hydrogens (tertiary/aromatic N) is 6. The average Bonchev–Trinajstić information content (AvgIpc) is 3.58. The maximum absolute atomic E-state index is 13.1. The summed E-state index contributed by atoms with van der Waals surface area (Å²) in [4.78, 5) is 21.8. The normalized spacial score (nSPS) is 21.9. The molecule has 4 aromatic rings. The number of nitrogens with two attached hydrogens (primary N) is 1. The minimum Gasteiger partial charge on any atom is -0.387 e. The van der Waals surface area contributed by atoms with Gasteiger partial charge in [0.15, 0.2) is 17.7 Å². The fourth-order valence-corrected chi connectivity index (χ4v) is 5.23. The number of aromatic nitrogens is 6. The van der Waals surface area contributed by atoms with Crippen LogP contribution in [0.1, 0.15) is 44.3 Å². The molecular weight excluding hydrogens is 553 g/mol. The minimum atomic E-state index is -4.50. The summed E-state index contributed by atoms with van der Waals surface area (Å²) in [6.45, 7) is 5.09. The molecular formula is C25H30ClF3N8O3. The van der Waals surface area contributed by atoms with E-state index in [2.05, 4.69) is 29.8 Å². The van der Waals surface area contributed by atoms with Gasteiger partial charge < -0.3 is 25.7 Å². The van der Waals surface area contributed by atoms with Gasteiger partial charge in [0, 0.05) is 19.0 Å². The number of fused-ring (bicyclic) bond motifs is 2. The zero-order valence-corrected chi connectivity index (χ0v) is 22.6. The highest BCUT2D eigenvalue weighted by atomic mass is 35.5. The highest BCUT2D eigenvalue weighted by molar-refractivity contribution is 6.35. The van der Waals surface area contributed by atoms with Crippen molar-refractivity contribution in [3.05, 3.63) is 41.2 Å². The molecule has 1 aliphatic rings. The van der Waals surface area contributed by atoms with Gasteiger partial charge in [-0.05, 0) is 45.4 Å². The lowest BCUT2D eigenvalue weighted by atomic mass is 10.1. The second-order valence-electron chi connectivity index (χ2n) is 10.2. The number of nitrogens with one attached hydrogen (secondary N) is 1. The molecule has 1 saturated heterocycles. The van der Waals surface area contributed by atoms with Crippen molar-refractivity contribution >= 4 is 39.6 Å². The topological polar surface area (TPSA) is 151 Å². The Morgan fingerprint density at radius 1 is 1.15 bits per heavy atom. The minimum absolute atomic E-state index is 0.0477. The summed E-state index contributed by atoms with van der Waals surface area (Å²) < 4.78 is 46.9. The molecule has 0 spiro atoms. The third-order valence-corrected chi connectivity index (χ3v) is 7.46. The smallest absolute Gasteiger partial charge is 0.387 e. The van der Waals surface area contributed by atoms with Crippen LogP contribution in [-0.2, 0) is 17.3 Å². The van der Waals surface area contributed by atoms with Crippen LogP contribution in [0.25, 0.3) is 22.2 Å². The molecule has 11 nitrogen and oxygen atoms in total. The second-order valence-corrected chi connectivity index (χ2v) is 10.6. The van der Waals surface area contributed by atoms with Gasteiger partial charge in [-0.15, -0.1) is 0 Å². The van der Waals surface area contributed by atoms with Crippen LogP contribution in [0.5, 0.6) is 0 Å². The Morgan fingerprint density at radius 2 is 1.93 bits per heavy atom. The van der Waals surface area contributed by atoms with Crippen LogP contribution in [0.3, 0.4) is 0 Å². The molecule has 40 heavy (non-hydrogen) atoms. The van der Waals surface area contributed by atoms with Gasteiger partial charge in [0.05, 0.1) is 22.4 Å². The van der Waals surface area contributed by atoms with E-state index in [1.807, 2.05) is 13.8 Å². The van der Waals surface area contributed by atoms with Crippen LogP contribution >= 0.6 is 11.6 Å². The molecule has 5 N–H and O–H groups in total. The Kier molecular flexibility index (Phi) is 7.90. The molecule has 0 bridgehead atoms. The number of benzene rings is 1. The Labute approximate surface area is 232 Å². The number of aliphatic hydroxyl groups excluding tert-OH is 2. The van der Waals surface area contributed by atoms with Crippen molar-refractivity contribution < 1.29 is 28.1 Å². The van der Waals surface area contributed by atoms with Gasteiger partial charge in [0.25, 0.3) is 0 Å². The number of aryl methyl sites for hydroxylation is 1. The number of alkyl halides is 3. The summed E-state index contributed by atoms with van der Waals surface area (Å²) in [6.07, 6.45) is -3.65. The van der Waals surface area contributed by atoms with Gasteiger partial charge >= 0.3 is 6.18 Å². The first-order valence-electron chi connectivity index (χ1n) is 12.9. The molecule has 1 fully saturated rings. The number of hydrogen-bond acceptors (Lipinski definition) is 9. The van der Waals surface area contributed by atoms with Crippen molar-refractivity contribution in [3.63, 3.8) is 0 Å². The van der Waals surface area contributed by atoms with Crippen LogP contribution < -0.4 is 5.73 Å². The van der Waals surface area contributed by atoms with Crippen LogP contribution in [0.4, 0.5) is 19.0 Å². The maximum atomic E-state index is 13.1. The molecule has 4 atom stereocenters. The Balaban J connectivity index is 1.19. The number of hydrogen-bond donors (Lipinski definition) is 4. The van der Waals surface area contributed by atoms with E-state index in [9.17, 15) is 23.4 Å². The average molecular weight is 583 g/mol. The van der Waals surface area contributed by atoms with E-state index in [0.717, 1.165) is 18.6 Å². The number of aromatic amines is 1. The molecule has 0 aliphatic carbocycles. The fourth-order valence-electron chi connectivity index (χ4n) is 4.97. The van der Waals surface area contributed by atoms with Crippen molar-refractivity contribution in [2.24, 2.45) is 0 Å². The van der Waals surface area contributed by atoms with E-state index in [0.29, 0.717) is 48.4 Å². The van der Waals surface area contributed by atoms with Crippen LogP contribution in [0.2, 0.25) is 5.02 Å². The summed E-state index contributed by atoms with van der Waals surface area (Å²) in [6, 6.07) is 2.02. The van der Waals surface area contributed by atoms with E-state index in [1.54, 1.807) is 0 Å². The van der Waals surface area contributed by atoms with Crippen molar-refractivity contribution in [2.75, 3.05) is 18.8 Å². The summed E-state index contributed by atoms with van der Waals surface area (Å²) in [5, 5.41) is 21.5. The standard InChI is InChI=1S/C25H30ClF3N8O3/c1-12(2)36(6-4-3-5-17-34-15-8-13(25(27,28)29)7-14(26)18(15)35-17)9-16-20(38)21(39)24(40-16)37-11-33-19-22(30)31-10-32-23(19)37/h7-8,10-12,16,20-21,24,38-39H,3-6,9H2,1-2H3,(H,34,35)(H2,30,31,32). The van der Waals surface area contributed by atoms with Crippen molar-refractivity contribution in [1.29, 1.82) is 0 Å². The molecule has 0 radical (unpaired) electrons. The first-order valence-corrected chi connectivity index (χ1v) is 13.3. The molecule has 3 aromatic heterocycles. The number of aliphatic hydroxyl groups is 2. The Morgan fingerprint density at radius 3 is 2.65 bits per heavy atom. The molecule has 15 heteroatoms. The number of H-pyrrole nitrogens is 1. The predicted octanol–water partition coefficient (Wildman–Crippen LogP) is 3.31. The third-order valence-electron chi connectivity index (χ3n) is 7.17. The highest BCUT2D eigenvalue weighted by Gasteiger charge is 2.45. The van der Waals surface area contributed by atoms with E-state index < -0.39 is 36.3 Å². The molecule has 4 unspecified atom stereocenters. The monoisotopic (exact) mass is 582 g/mol. The van der Waals surface area contributed by atoms with E-state index >= 15 is 0 Å². The van der Waals surface area contributed by atoms with Gasteiger partial charge in [0.2, 0.25) is 0 Å². The maximum Gasteiger partial charge on any atom is 0.416 e. The number of imidazole rings is 2. The molecule has 1 aliphatic heterocycles. The predicted molar refractivity (Wildman–Crippen MR) is 141 cm³/mol. The molecule has 1 aromatic carbocycles. The summed E-state index contributed by atoms with van der Waals surface area (Å²) >= 11 is 6.04. The van der Waals surface area contributed by atoms with Gasteiger partial charge in [-0.25, -0.2) is 19.9 Å². The molecule has 0 saturated carbocycles. The molecule has 5 rings (SSSR count). The Hall–Kier alpha value is -3.04. The van der Waals surface area contributed by atoms with Gasteiger partial charge in [-0.2, -0.15) is 13.2 Å². The summed E-state index contributed by atoms with van der Waals surface area (Å²) in [7, 11) is 0. The van der Waals surface area contributed by atoms with Gasteiger partial charge in [0.1, 0.15) is 41.5 Å². The van der Waals surface area contributed by atoms with E-state index in [1.165, 1.54) is 17.2 Å². The van der Waals surface area contributed by atoms with Crippen LogP contribution in [0, 0.1) is 0 Å². The first kappa shape index (κ1) is 28.5. The number of halogens is 4. The fraction of sp³-hybridized carbons (Fsp3) is 0.520. The Bertz CT molecular complexity index is 1490. The number of rotatable bonds is 9. The molecule has 216 valence electrons. The van der Waals surface area contributed by atoms with Gasteiger partial charge in [-0.1, -0.05) is 11.6 Å². The molecule has 4 heterocycles. The summed E-state index contributed by atoms with van der Waals surface area (Å²) in [5.74, 6) is 0.765. The largest absolute Gasteiger partial charge is 0.416 e. The zero-order valence-electron chi connectivity index (χ0n) is 21.8. The first-order chi connectivity index (χ1) is 18.9. The van der Waals surface area contributed by atoms with Crippen LogP contribution in [-0.4, -0.2) is 82.0 Å². The lowest BCUT2D eigenvalue weighted by Gasteiger charge is -2.30. The second kappa shape index (κ2) is 11.1. The number of nitrogen functional groups attached to an aromatic ring is 1.